The zero-order valence-electron chi connectivity index (χ0n) is 12.4. The topological polar surface area (TPSA) is 76.7 Å². The van der Waals surface area contributed by atoms with E-state index in [1.807, 2.05) is 30.3 Å². The van der Waals surface area contributed by atoms with Gasteiger partial charge in [-0.2, -0.15) is 0 Å². The van der Waals surface area contributed by atoms with Crippen LogP contribution in [0.15, 0.2) is 48.5 Å². The van der Waals surface area contributed by atoms with E-state index in [9.17, 15) is 9.59 Å². The van der Waals surface area contributed by atoms with Crippen molar-refractivity contribution in [3.8, 4) is 11.5 Å². The average molecular weight is 312 g/mol. The number of nitrogens with one attached hydrogen (secondary N) is 2. The van der Waals surface area contributed by atoms with Crippen molar-refractivity contribution in [3.05, 3.63) is 54.1 Å². The molecule has 2 N–H and O–H groups in total. The van der Waals surface area contributed by atoms with E-state index >= 15 is 0 Å². The van der Waals surface area contributed by atoms with Gasteiger partial charge in [-0.15, -0.1) is 0 Å². The maximum Gasteiger partial charge on any atom is 0.233 e. The highest BCUT2D eigenvalue weighted by atomic mass is 16.7. The number of carbonyl (C=O) groups excluding carboxylic acids is 2. The number of benzene rings is 2. The zero-order valence-corrected chi connectivity index (χ0v) is 12.4. The smallest absolute Gasteiger partial charge is 0.233 e. The minimum Gasteiger partial charge on any atom is -0.454 e. The van der Waals surface area contributed by atoms with Gasteiger partial charge in [0.1, 0.15) is 6.42 Å². The lowest BCUT2D eigenvalue weighted by molar-refractivity contribution is -0.126. The first kappa shape index (κ1) is 14.9. The second-order valence-corrected chi connectivity index (χ2v) is 5.06. The molecular formula is C17H16N2O4. The van der Waals surface area contributed by atoms with Gasteiger partial charge < -0.3 is 20.1 Å². The van der Waals surface area contributed by atoms with Gasteiger partial charge in [-0.1, -0.05) is 30.3 Å². The SMILES string of the molecule is O=C(CC(=O)Nc1ccc2c(c1)OCO2)NCc1ccccc1. The van der Waals surface area contributed by atoms with E-state index in [1.54, 1.807) is 18.2 Å². The lowest BCUT2D eigenvalue weighted by Crippen LogP contribution is -2.27. The number of anilines is 1. The minimum atomic E-state index is -0.380. The van der Waals surface area contributed by atoms with E-state index in [4.69, 9.17) is 9.47 Å². The van der Waals surface area contributed by atoms with Crippen molar-refractivity contribution in [2.24, 2.45) is 0 Å². The fourth-order valence-corrected chi connectivity index (χ4v) is 2.18. The Balaban J connectivity index is 1.48. The highest BCUT2D eigenvalue weighted by Crippen LogP contribution is 2.34. The monoisotopic (exact) mass is 312 g/mol. The van der Waals surface area contributed by atoms with Gasteiger partial charge in [-0.3, -0.25) is 9.59 Å². The molecule has 0 aliphatic carbocycles. The lowest BCUT2D eigenvalue weighted by Gasteiger charge is -2.07. The van der Waals surface area contributed by atoms with Crippen molar-refractivity contribution >= 4 is 17.5 Å². The van der Waals surface area contributed by atoms with Crippen LogP contribution in [-0.4, -0.2) is 18.6 Å². The first-order valence-electron chi connectivity index (χ1n) is 7.21. The molecule has 0 spiro atoms. The molecule has 2 aromatic carbocycles. The number of hydrogen-bond acceptors (Lipinski definition) is 4. The number of hydrogen-bond donors (Lipinski definition) is 2. The number of ether oxygens (including phenoxy) is 2. The Bertz CT molecular complexity index is 716. The van der Waals surface area contributed by atoms with E-state index in [0.717, 1.165) is 5.56 Å². The second-order valence-electron chi connectivity index (χ2n) is 5.06. The molecule has 1 aliphatic rings. The lowest BCUT2D eigenvalue weighted by atomic mass is 10.2. The molecular weight excluding hydrogens is 296 g/mol. The van der Waals surface area contributed by atoms with Gasteiger partial charge in [0, 0.05) is 18.3 Å². The molecule has 118 valence electrons. The van der Waals surface area contributed by atoms with Crippen LogP contribution in [0.2, 0.25) is 0 Å². The van der Waals surface area contributed by atoms with Gasteiger partial charge in [0.25, 0.3) is 0 Å². The van der Waals surface area contributed by atoms with Crippen LogP contribution in [0, 0.1) is 0 Å². The van der Waals surface area contributed by atoms with E-state index in [-0.39, 0.29) is 25.0 Å². The Morgan fingerprint density at radius 2 is 1.74 bits per heavy atom. The summed E-state index contributed by atoms with van der Waals surface area (Å²) in [6, 6.07) is 14.6. The average Bonchev–Trinajstić information content (AvgIpc) is 3.01. The molecule has 0 aromatic heterocycles. The molecule has 3 rings (SSSR count). The third-order valence-corrected chi connectivity index (χ3v) is 3.31. The first-order chi connectivity index (χ1) is 11.2. The van der Waals surface area contributed by atoms with Gasteiger partial charge in [-0.25, -0.2) is 0 Å². The number of carbonyl (C=O) groups is 2. The molecule has 0 saturated carbocycles. The fourth-order valence-electron chi connectivity index (χ4n) is 2.18. The Labute approximate surface area is 133 Å². The number of rotatable bonds is 5. The van der Waals surface area contributed by atoms with Crippen molar-refractivity contribution in [1.82, 2.24) is 5.32 Å². The molecule has 23 heavy (non-hydrogen) atoms. The highest BCUT2D eigenvalue weighted by molar-refractivity contribution is 6.03. The summed E-state index contributed by atoms with van der Waals surface area (Å²) in [5.74, 6) is 0.515. The molecule has 0 atom stereocenters. The van der Waals surface area contributed by atoms with Crippen LogP contribution in [0.4, 0.5) is 5.69 Å². The summed E-state index contributed by atoms with van der Waals surface area (Å²) in [5, 5.41) is 5.38. The van der Waals surface area contributed by atoms with Gasteiger partial charge in [-0.05, 0) is 17.7 Å². The van der Waals surface area contributed by atoms with Crippen molar-refractivity contribution in [3.63, 3.8) is 0 Å². The van der Waals surface area contributed by atoms with E-state index in [1.165, 1.54) is 0 Å². The van der Waals surface area contributed by atoms with Crippen LogP contribution in [0.3, 0.4) is 0 Å². The van der Waals surface area contributed by atoms with E-state index in [2.05, 4.69) is 10.6 Å². The molecule has 0 unspecified atom stereocenters. The van der Waals surface area contributed by atoms with Crippen LogP contribution < -0.4 is 20.1 Å². The zero-order chi connectivity index (χ0) is 16.1. The molecule has 2 amide bonds. The first-order valence-corrected chi connectivity index (χ1v) is 7.21. The van der Waals surface area contributed by atoms with Crippen molar-refractivity contribution in [1.29, 1.82) is 0 Å². The summed E-state index contributed by atoms with van der Waals surface area (Å²) in [4.78, 5) is 23.7. The molecule has 1 aliphatic heterocycles. The molecule has 6 heteroatoms. The standard InChI is InChI=1S/C17H16N2O4/c20-16(18-10-12-4-2-1-3-5-12)9-17(21)19-13-6-7-14-15(8-13)23-11-22-14/h1-8H,9-11H2,(H,18,20)(H,19,21). The Morgan fingerprint density at radius 1 is 0.957 bits per heavy atom. The van der Waals surface area contributed by atoms with E-state index in [0.29, 0.717) is 23.7 Å². The summed E-state index contributed by atoms with van der Waals surface area (Å²) in [6.07, 6.45) is -0.235. The van der Waals surface area contributed by atoms with Crippen molar-refractivity contribution in [2.75, 3.05) is 12.1 Å². The molecule has 2 aromatic rings. The normalized spacial score (nSPS) is 11.8. The second kappa shape index (κ2) is 6.83. The van der Waals surface area contributed by atoms with Gasteiger partial charge in [0.05, 0.1) is 0 Å². The maximum absolute atomic E-state index is 11.9. The molecule has 1 heterocycles. The quantitative estimate of drug-likeness (QED) is 0.829. The summed E-state index contributed by atoms with van der Waals surface area (Å²) >= 11 is 0. The number of amides is 2. The predicted molar refractivity (Wildman–Crippen MR) is 84.1 cm³/mol. The number of fused-ring (bicyclic) bond motifs is 1. The van der Waals surface area contributed by atoms with Crippen LogP contribution in [0.1, 0.15) is 12.0 Å². The molecule has 0 bridgehead atoms. The molecule has 0 radical (unpaired) electrons. The molecule has 6 nitrogen and oxygen atoms in total. The Hall–Kier alpha value is -3.02. The van der Waals surface area contributed by atoms with Gasteiger partial charge >= 0.3 is 0 Å². The third kappa shape index (κ3) is 4.00. The van der Waals surface area contributed by atoms with Gasteiger partial charge in [0.15, 0.2) is 11.5 Å². The molecule has 0 fully saturated rings. The van der Waals surface area contributed by atoms with Crippen molar-refractivity contribution in [2.45, 2.75) is 13.0 Å². The predicted octanol–water partition coefficient (Wildman–Crippen LogP) is 2.06. The van der Waals surface area contributed by atoms with Crippen LogP contribution in [-0.2, 0) is 16.1 Å². The largest absolute Gasteiger partial charge is 0.454 e. The summed E-state index contributed by atoms with van der Waals surface area (Å²) < 4.78 is 10.4. The van der Waals surface area contributed by atoms with Crippen molar-refractivity contribution < 1.29 is 19.1 Å². The summed E-state index contributed by atoms with van der Waals surface area (Å²) in [7, 11) is 0. The summed E-state index contributed by atoms with van der Waals surface area (Å²) in [6.45, 7) is 0.575. The van der Waals surface area contributed by atoms with Gasteiger partial charge in [0.2, 0.25) is 18.6 Å². The molecule has 0 saturated heterocycles. The third-order valence-electron chi connectivity index (χ3n) is 3.31. The minimum absolute atomic E-state index is 0.175. The Morgan fingerprint density at radius 3 is 2.57 bits per heavy atom. The van der Waals surface area contributed by atoms with Crippen LogP contribution in [0.25, 0.3) is 0 Å². The van der Waals surface area contributed by atoms with E-state index < -0.39 is 0 Å². The summed E-state index contributed by atoms with van der Waals surface area (Å²) in [5.41, 5.74) is 1.55. The Kier molecular flexibility index (Phi) is 4.42. The highest BCUT2D eigenvalue weighted by Gasteiger charge is 2.15. The maximum atomic E-state index is 11.9. The fraction of sp³-hybridized carbons (Fsp3) is 0.176. The van der Waals surface area contributed by atoms with Crippen LogP contribution in [0.5, 0.6) is 11.5 Å². The van der Waals surface area contributed by atoms with Crippen LogP contribution >= 0.6 is 0 Å².